The summed E-state index contributed by atoms with van der Waals surface area (Å²) in [4.78, 5) is 62.0. The summed E-state index contributed by atoms with van der Waals surface area (Å²) in [5.41, 5.74) is 1.81. The van der Waals surface area contributed by atoms with Crippen molar-refractivity contribution in [1.29, 1.82) is 0 Å². The van der Waals surface area contributed by atoms with Crippen molar-refractivity contribution in [2.45, 2.75) is 51.7 Å². The van der Waals surface area contributed by atoms with Crippen LogP contribution in [0.4, 0.5) is 0 Å². The summed E-state index contributed by atoms with van der Waals surface area (Å²) in [5.74, 6) is 1.00. The van der Waals surface area contributed by atoms with Crippen molar-refractivity contribution >= 4 is 35.4 Å². The molecule has 48 heavy (non-hydrogen) atoms. The molecule has 3 heterocycles. The van der Waals surface area contributed by atoms with Gasteiger partial charge >= 0.3 is 0 Å². The molecule has 256 valence electrons. The van der Waals surface area contributed by atoms with Crippen LogP contribution in [0.1, 0.15) is 65.7 Å². The summed E-state index contributed by atoms with van der Waals surface area (Å²) < 4.78 is 7.15. The van der Waals surface area contributed by atoms with E-state index >= 15 is 0 Å². The van der Waals surface area contributed by atoms with Crippen LogP contribution >= 0.6 is 11.8 Å². The predicted octanol–water partition coefficient (Wildman–Crippen LogP) is 3.40. The van der Waals surface area contributed by atoms with Gasteiger partial charge in [0.15, 0.2) is 11.6 Å². The fraction of sp³-hybridized carbons (Fsp3) is 0.486. The van der Waals surface area contributed by atoms with Crippen LogP contribution < -0.4 is 10.6 Å². The number of ether oxygens (including phenoxy) is 1. The second-order valence-electron chi connectivity index (χ2n) is 12.4. The van der Waals surface area contributed by atoms with Gasteiger partial charge in [-0.25, -0.2) is 9.67 Å². The molecular formula is C35H45N7O5S. The molecule has 0 unspecified atom stereocenters. The van der Waals surface area contributed by atoms with E-state index in [0.717, 1.165) is 5.56 Å². The van der Waals surface area contributed by atoms with Gasteiger partial charge in [0.25, 0.3) is 11.8 Å². The molecule has 5 rings (SSSR count). The number of thioether (sulfide) groups is 1. The van der Waals surface area contributed by atoms with E-state index in [1.807, 2.05) is 50.4 Å². The molecule has 2 aliphatic heterocycles. The van der Waals surface area contributed by atoms with E-state index in [4.69, 9.17) is 14.8 Å². The van der Waals surface area contributed by atoms with Crippen molar-refractivity contribution in [1.82, 2.24) is 35.2 Å². The minimum absolute atomic E-state index is 0.0400. The van der Waals surface area contributed by atoms with E-state index < -0.39 is 12.1 Å². The summed E-state index contributed by atoms with van der Waals surface area (Å²) >= 11 is 1.61. The minimum Gasteiger partial charge on any atom is -0.378 e. The zero-order valence-electron chi connectivity index (χ0n) is 27.9. The first kappa shape index (κ1) is 35.1. The van der Waals surface area contributed by atoms with Gasteiger partial charge < -0.3 is 25.2 Å². The van der Waals surface area contributed by atoms with Crippen molar-refractivity contribution in [3.05, 3.63) is 71.5 Å². The minimum atomic E-state index is -0.699. The molecule has 0 radical (unpaired) electrons. The molecule has 0 bridgehead atoms. The molecular weight excluding hydrogens is 630 g/mol. The average Bonchev–Trinajstić information content (AvgIpc) is 3.53. The Morgan fingerprint density at radius 3 is 2.17 bits per heavy atom. The number of nitrogens with zero attached hydrogens (tertiary/aromatic N) is 5. The van der Waals surface area contributed by atoms with E-state index in [1.54, 1.807) is 50.5 Å². The van der Waals surface area contributed by atoms with Gasteiger partial charge in [0, 0.05) is 49.3 Å². The third-order valence-corrected chi connectivity index (χ3v) is 9.26. The highest BCUT2D eigenvalue weighted by molar-refractivity contribution is 7.98. The average molecular weight is 676 g/mol. The number of fused-ring (bicyclic) bond motifs is 1. The topological polar surface area (TPSA) is 139 Å². The number of nitrogens with one attached hydrogen (secondary N) is 2. The third-order valence-electron chi connectivity index (χ3n) is 8.62. The van der Waals surface area contributed by atoms with Gasteiger partial charge in [-0.2, -0.15) is 16.9 Å². The molecule has 1 saturated heterocycles. The standard InChI is InChI=1S/C35H45N7O5S/c1-24(2)30-32-38-31(25-8-5-4-6-9-25)39-42(32)18-17-40(16-7-10-29(43)36-28(15-23-48-3)33(44)37-30)34(45)26-11-13-27(14-12-26)35(46)41-19-21-47-22-20-41/h4-6,8-9,11-14,24,28,30H,7,10,15-23H2,1-3H3,(H,36,43)(H,37,44)/t28-,30+/m0/s1. The molecule has 13 heteroatoms. The second kappa shape index (κ2) is 16.7. The Balaban J connectivity index is 1.44. The number of carbonyl (C=O) groups is 4. The van der Waals surface area contributed by atoms with E-state index in [9.17, 15) is 19.2 Å². The number of carbonyl (C=O) groups excluding carboxylic acids is 4. The van der Waals surface area contributed by atoms with Gasteiger partial charge in [-0.1, -0.05) is 44.2 Å². The Kier molecular flexibility index (Phi) is 12.2. The summed E-state index contributed by atoms with van der Waals surface area (Å²) in [5, 5.41) is 11.0. The van der Waals surface area contributed by atoms with Crippen LogP contribution in [0.2, 0.25) is 0 Å². The zero-order chi connectivity index (χ0) is 34.0. The smallest absolute Gasteiger partial charge is 0.254 e. The highest BCUT2D eigenvalue weighted by atomic mass is 32.2. The van der Waals surface area contributed by atoms with Gasteiger partial charge in [-0.05, 0) is 55.0 Å². The number of morpholine rings is 1. The van der Waals surface area contributed by atoms with Crippen molar-refractivity contribution in [3.8, 4) is 11.4 Å². The Morgan fingerprint density at radius 2 is 1.54 bits per heavy atom. The number of aromatic nitrogens is 3. The van der Waals surface area contributed by atoms with Gasteiger partial charge in [0.05, 0.1) is 25.8 Å². The molecule has 1 fully saturated rings. The Morgan fingerprint density at radius 1 is 0.896 bits per heavy atom. The van der Waals surface area contributed by atoms with Crippen LogP contribution in [-0.4, -0.2) is 106 Å². The predicted molar refractivity (Wildman–Crippen MR) is 184 cm³/mol. The van der Waals surface area contributed by atoms with E-state index in [1.165, 1.54) is 0 Å². The van der Waals surface area contributed by atoms with Gasteiger partial charge in [0.2, 0.25) is 11.8 Å². The Labute approximate surface area is 286 Å². The lowest BCUT2D eigenvalue weighted by atomic mass is 10.0. The lowest BCUT2D eigenvalue weighted by molar-refractivity contribution is -0.129. The monoisotopic (exact) mass is 675 g/mol. The van der Waals surface area contributed by atoms with Crippen LogP contribution in [-0.2, 0) is 20.9 Å². The van der Waals surface area contributed by atoms with Crippen LogP contribution in [0.15, 0.2) is 54.6 Å². The largest absolute Gasteiger partial charge is 0.378 e. The lowest BCUT2D eigenvalue weighted by Crippen LogP contribution is -2.49. The number of amides is 4. The summed E-state index contributed by atoms with van der Waals surface area (Å²) in [6.07, 6.45) is 3.03. The molecule has 2 aliphatic rings. The molecule has 12 nitrogen and oxygen atoms in total. The first-order valence-electron chi connectivity index (χ1n) is 16.6. The van der Waals surface area contributed by atoms with Crippen molar-refractivity contribution < 1.29 is 23.9 Å². The van der Waals surface area contributed by atoms with Gasteiger partial charge in [0.1, 0.15) is 6.04 Å². The first-order chi connectivity index (χ1) is 23.2. The summed E-state index contributed by atoms with van der Waals surface area (Å²) in [6.45, 7) is 7.07. The number of rotatable bonds is 7. The highest BCUT2D eigenvalue weighted by Gasteiger charge is 2.30. The molecule has 1 aromatic heterocycles. The first-order valence-corrected chi connectivity index (χ1v) is 18.0. The molecule has 2 atom stereocenters. The van der Waals surface area contributed by atoms with Gasteiger partial charge in [-0.15, -0.1) is 0 Å². The lowest BCUT2D eigenvalue weighted by Gasteiger charge is -2.28. The number of hydrogen-bond donors (Lipinski definition) is 2. The van der Waals surface area contributed by atoms with E-state index in [0.29, 0.717) is 87.3 Å². The summed E-state index contributed by atoms with van der Waals surface area (Å²) in [7, 11) is 0. The SMILES string of the molecule is CSCC[C@@H]1NC(=O)CCCN(C(=O)c2ccc(C(=O)N3CCOCC3)cc2)CCn2nc(-c3ccccc3)nc2[C@@H](C(C)C)NC1=O. The van der Waals surface area contributed by atoms with Crippen LogP contribution in [0.5, 0.6) is 0 Å². The summed E-state index contributed by atoms with van der Waals surface area (Å²) in [6, 6.07) is 15.2. The van der Waals surface area contributed by atoms with E-state index in [-0.39, 0.29) is 36.0 Å². The molecule has 2 N–H and O–H groups in total. The molecule has 0 saturated carbocycles. The van der Waals surface area contributed by atoms with Gasteiger partial charge in [-0.3, -0.25) is 19.2 Å². The van der Waals surface area contributed by atoms with Crippen molar-refractivity contribution in [3.63, 3.8) is 0 Å². The Hall–Kier alpha value is -4.23. The normalized spacial score (nSPS) is 19.7. The fourth-order valence-electron chi connectivity index (χ4n) is 5.86. The van der Waals surface area contributed by atoms with Crippen LogP contribution in [0.25, 0.3) is 11.4 Å². The molecule has 0 spiro atoms. The van der Waals surface area contributed by atoms with Crippen LogP contribution in [0, 0.1) is 5.92 Å². The van der Waals surface area contributed by atoms with Crippen molar-refractivity contribution in [2.75, 3.05) is 51.4 Å². The number of benzene rings is 2. The maximum absolute atomic E-state index is 13.9. The Bertz CT molecular complexity index is 1560. The van der Waals surface area contributed by atoms with Crippen molar-refractivity contribution in [2.24, 2.45) is 5.92 Å². The maximum atomic E-state index is 13.9. The zero-order valence-corrected chi connectivity index (χ0v) is 28.7. The second-order valence-corrected chi connectivity index (χ2v) is 13.4. The maximum Gasteiger partial charge on any atom is 0.254 e. The van der Waals surface area contributed by atoms with Crippen LogP contribution in [0.3, 0.4) is 0 Å². The molecule has 4 amide bonds. The number of hydrogen-bond acceptors (Lipinski definition) is 8. The highest BCUT2D eigenvalue weighted by Crippen LogP contribution is 2.25. The third kappa shape index (κ3) is 8.81. The van der Waals surface area contributed by atoms with E-state index in [2.05, 4.69) is 10.6 Å². The fourth-order valence-corrected chi connectivity index (χ4v) is 6.33. The molecule has 0 aliphatic carbocycles. The quantitative estimate of drug-likeness (QED) is 0.389. The molecule has 2 aromatic carbocycles. The molecule has 3 aromatic rings.